The molecule has 1 saturated heterocycles. The molecule has 1 amide bonds. The van der Waals surface area contributed by atoms with Gasteiger partial charge < -0.3 is 5.32 Å². The summed E-state index contributed by atoms with van der Waals surface area (Å²) in [6, 6.07) is 9.89. The van der Waals surface area contributed by atoms with Crippen LogP contribution in [-0.2, 0) is 16.2 Å². The van der Waals surface area contributed by atoms with E-state index in [1.807, 2.05) is 13.8 Å². The third kappa shape index (κ3) is 4.84. The number of sulfonamides is 1. The van der Waals surface area contributed by atoms with Crippen molar-refractivity contribution in [3.05, 3.63) is 59.7 Å². The van der Waals surface area contributed by atoms with E-state index in [9.17, 15) is 26.4 Å². The SMILES string of the molecule is CC1CC(C)CN(S(=O)(=O)c2ccc(C(=O)Nc3ccccc3C(F)(F)F)cc2)C1. The van der Waals surface area contributed by atoms with Gasteiger partial charge in [0.15, 0.2) is 0 Å². The molecule has 30 heavy (non-hydrogen) atoms. The molecule has 1 aliphatic rings. The number of amides is 1. The predicted octanol–water partition coefficient (Wildman–Crippen LogP) is 4.62. The number of carbonyl (C=O) groups excluding carboxylic acids is 1. The zero-order valence-electron chi connectivity index (χ0n) is 16.6. The van der Waals surface area contributed by atoms with Crippen LogP contribution in [0.4, 0.5) is 18.9 Å². The molecule has 2 aromatic rings. The van der Waals surface area contributed by atoms with Gasteiger partial charge in [0, 0.05) is 18.7 Å². The lowest BCUT2D eigenvalue weighted by Gasteiger charge is -2.34. The van der Waals surface area contributed by atoms with Crippen LogP contribution < -0.4 is 5.32 Å². The minimum Gasteiger partial charge on any atom is -0.321 e. The lowest BCUT2D eigenvalue weighted by molar-refractivity contribution is -0.136. The summed E-state index contributed by atoms with van der Waals surface area (Å²) in [4.78, 5) is 12.5. The second kappa shape index (κ2) is 8.39. The Labute approximate surface area is 173 Å². The van der Waals surface area contributed by atoms with Crippen molar-refractivity contribution >= 4 is 21.6 Å². The van der Waals surface area contributed by atoms with E-state index in [2.05, 4.69) is 5.32 Å². The van der Waals surface area contributed by atoms with E-state index in [1.54, 1.807) is 0 Å². The largest absolute Gasteiger partial charge is 0.418 e. The van der Waals surface area contributed by atoms with Crippen LogP contribution in [0.1, 0.15) is 36.2 Å². The van der Waals surface area contributed by atoms with Crippen molar-refractivity contribution in [2.24, 2.45) is 11.8 Å². The second-order valence-corrected chi connectivity index (χ2v) is 9.73. The first-order valence-electron chi connectivity index (χ1n) is 9.56. The number of hydrogen-bond acceptors (Lipinski definition) is 3. The maximum Gasteiger partial charge on any atom is 0.418 e. The quantitative estimate of drug-likeness (QED) is 0.754. The summed E-state index contributed by atoms with van der Waals surface area (Å²) in [7, 11) is -3.70. The average Bonchev–Trinajstić information content (AvgIpc) is 2.67. The number of carbonyl (C=O) groups is 1. The van der Waals surface area contributed by atoms with Crippen LogP contribution >= 0.6 is 0 Å². The number of hydrogen-bond donors (Lipinski definition) is 1. The van der Waals surface area contributed by atoms with Crippen LogP contribution in [0.5, 0.6) is 0 Å². The van der Waals surface area contributed by atoms with Gasteiger partial charge in [0.25, 0.3) is 5.91 Å². The van der Waals surface area contributed by atoms with Gasteiger partial charge in [-0.25, -0.2) is 8.42 Å². The lowest BCUT2D eigenvalue weighted by atomic mass is 9.94. The molecule has 2 aromatic carbocycles. The molecule has 1 fully saturated rings. The molecule has 0 saturated carbocycles. The summed E-state index contributed by atoms with van der Waals surface area (Å²) >= 11 is 0. The number of benzene rings is 2. The van der Waals surface area contributed by atoms with Gasteiger partial charge >= 0.3 is 6.18 Å². The summed E-state index contributed by atoms with van der Waals surface area (Å²) in [6.45, 7) is 4.88. The molecule has 1 N–H and O–H groups in total. The monoisotopic (exact) mass is 440 g/mol. The van der Waals surface area contributed by atoms with Crippen molar-refractivity contribution < 1.29 is 26.4 Å². The molecule has 1 aliphatic heterocycles. The Morgan fingerprint density at radius 3 is 2.13 bits per heavy atom. The van der Waals surface area contributed by atoms with Gasteiger partial charge in [0.1, 0.15) is 0 Å². The van der Waals surface area contributed by atoms with Gasteiger partial charge in [0.2, 0.25) is 10.0 Å². The van der Waals surface area contributed by atoms with Gasteiger partial charge in [-0.3, -0.25) is 4.79 Å². The number of para-hydroxylation sites is 1. The van der Waals surface area contributed by atoms with Crippen molar-refractivity contribution in [2.45, 2.75) is 31.3 Å². The van der Waals surface area contributed by atoms with Crippen molar-refractivity contribution in [2.75, 3.05) is 18.4 Å². The number of piperidine rings is 1. The van der Waals surface area contributed by atoms with Crippen LogP contribution in [0, 0.1) is 11.8 Å². The highest BCUT2D eigenvalue weighted by Crippen LogP contribution is 2.34. The molecule has 1 heterocycles. The normalized spacial score (nSPS) is 20.7. The molecule has 0 aliphatic carbocycles. The number of anilines is 1. The fourth-order valence-corrected chi connectivity index (χ4v) is 5.44. The Morgan fingerprint density at radius 2 is 1.57 bits per heavy atom. The Kier molecular flexibility index (Phi) is 6.24. The summed E-state index contributed by atoms with van der Waals surface area (Å²) in [5, 5.41) is 2.25. The first kappa shape index (κ1) is 22.3. The molecule has 2 atom stereocenters. The van der Waals surface area contributed by atoms with Crippen LogP contribution in [-0.4, -0.2) is 31.7 Å². The molecule has 0 bridgehead atoms. The van der Waals surface area contributed by atoms with E-state index in [1.165, 1.54) is 40.7 Å². The highest BCUT2D eigenvalue weighted by atomic mass is 32.2. The van der Waals surface area contributed by atoms with Crippen LogP contribution in [0.2, 0.25) is 0 Å². The topological polar surface area (TPSA) is 66.5 Å². The molecular weight excluding hydrogens is 417 g/mol. The molecule has 0 aromatic heterocycles. The summed E-state index contributed by atoms with van der Waals surface area (Å²) in [5.41, 5.74) is -1.25. The lowest BCUT2D eigenvalue weighted by Crippen LogP contribution is -2.42. The standard InChI is InChI=1S/C21H23F3N2O3S/c1-14-11-15(2)13-26(12-14)30(28,29)17-9-7-16(8-10-17)20(27)25-19-6-4-3-5-18(19)21(22,23)24/h3-10,14-15H,11-13H2,1-2H3,(H,25,27). The first-order valence-corrected chi connectivity index (χ1v) is 11.0. The van der Waals surface area contributed by atoms with E-state index in [4.69, 9.17) is 0 Å². The number of nitrogens with zero attached hydrogens (tertiary/aromatic N) is 1. The first-order chi connectivity index (χ1) is 14.0. The van der Waals surface area contributed by atoms with Gasteiger partial charge in [0.05, 0.1) is 16.1 Å². The van der Waals surface area contributed by atoms with E-state index in [0.29, 0.717) is 13.1 Å². The zero-order chi connectivity index (χ0) is 22.1. The summed E-state index contributed by atoms with van der Waals surface area (Å²) < 4.78 is 66.5. The third-order valence-electron chi connectivity index (χ3n) is 5.07. The van der Waals surface area contributed by atoms with Crippen molar-refractivity contribution in [1.29, 1.82) is 0 Å². The predicted molar refractivity (Wildman–Crippen MR) is 108 cm³/mol. The number of halogens is 3. The minimum absolute atomic E-state index is 0.0519. The Bertz CT molecular complexity index is 1010. The van der Waals surface area contributed by atoms with Crippen LogP contribution in [0.15, 0.2) is 53.4 Å². The average molecular weight is 440 g/mol. The molecule has 3 rings (SSSR count). The molecule has 162 valence electrons. The Morgan fingerprint density at radius 1 is 1.00 bits per heavy atom. The molecule has 9 heteroatoms. The van der Waals surface area contributed by atoms with Gasteiger partial charge in [-0.2, -0.15) is 17.5 Å². The number of nitrogens with one attached hydrogen (secondary N) is 1. The Balaban J connectivity index is 1.78. The summed E-state index contributed by atoms with van der Waals surface area (Å²) in [6.07, 6.45) is -3.64. The smallest absolute Gasteiger partial charge is 0.321 e. The zero-order valence-corrected chi connectivity index (χ0v) is 17.4. The fourth-order valence-electron chi connectivity index (χ4n) is 3.76. The maximum absolute atomic E-state index is 13.1. The van der Waals surface area contributed by atoms with E-state index in [-0.39, 0.29) is 28.0 Å². The van der Waals surface area contributed by atoms with E-state index >= 15 is 0 Å². The number of rotatable bonds is 4. The van der Waals surface area contributed by atoms with Crippen molar-refractivity contribution in [3.63, 3.8) is 0 Å². The third-order valence-corrected chi connectivity index (χ3v) is 6.92. The van der Waals surface area contributed by atoms with E-state index in [0.717, 1.165) is 18.6 Å². The van der Waals surface area contributed by atoms with Gasteiger partial charge in [-0.1, -0.05) is 26.0 Å². The second-order valence-electron chi connectivity index (χ2n) is 7.79. The van der Waals surface area contributed by atoms with Crippen LogP contribution in [0.3, 0.4) is 0 Å². The van der Waals surface area contributed by atoms with Crippen molar-refractivity contribution in [1.82, 2.24) is 4.31 Å². The van der Waals surface area contributed by atoms with Gasteiger partial charge in [-0.15, -0.1) is 0 Å². The molecule has 2 unspecified atom stereocenters. The van der Waals surface area contributed by atoms with Crippen LogP contribution in [0.25, 0.3) is 0 Å². The summed E-state index contributed by atoms with van der Waals surface area (Å²) in [5.74, 6) is -0.250. The molecule has 5 nitrogen and oxygen atoms in total. The Hall–Kier alpha value is -2.39. The molecule has 0 spiro atoms. The molecule has 0 radical (unpaired) electrons. The van der Waals surface area contributed by atoms with E-state index < -0.39 is 27.7 Å². The number of alkyl halides is 3. The fraction of sp³-hybridized carbons (Fsp3) is 0.381. The van der Waals surface area contributed by atoms with Gasteiger partial charge in [-0.05, 0) is 54.7 Å². The highest BCUT2D eigenvalue weighted by molar-refractivity contribution is 7.89. The van der Waals surface area contributed by atoms with Crippen molar-refractivity contribution in [3.8, 4) is 0 Å². The maximum atomic E-state index is 13.1. The highest BCUT2D eigenvalue weighted by Gasteiger charge is 2.34. The minimum atomic E-state index is -4.61. The molecular formula is C21H23F3N2O3S.